The number of aryl methyl sites for hydroxylation is 1. The van der Waals surface area contributed by atoms with Crippen molar-refractivity contribution < 1.29 is 26.7 Å². The van der Waals surface area contributed by atoms with E-state index in [1.807, 2.05) is 6.92 Å². The molecule has 3 N–H and O–H groups in total. The Bertz CT molecular complexity index is 571. The Morgan fingerprint density at radius 2 is 2.10 bits per heavy atom. The van der Waals surface area contributed by atoms with E-state index in [0.29, 0.717) is 13.0 Å². The molecule has 0 spiro atoms. The van der Waals surface area contributed by atoms with E-state index in [4.69, 9.17) is 10.8 Å². The van der Waals surface area contributed by atoms with Crippen LogP contribution >= 0.6 is 0 Å². The molecule has 0 saturated carbocycles. The zero-order valence-corrected chi connectivity index (χ0v) is 12.2. The molecular formula is C10H17F3N4O3S. The van der Waals surface area contributed by atoms with Gasteiger partial charge in [0.05, 0.1) is 6.61 Å². The molecule has 0 aromatic carbocycles. The lowest BCUT2D eigenvalue weighted by Crippen LogP contribution is -2.40. The molecule has 122 valence electrons. The molecule has 0 aliphatic heterocycles. The number of nitrogen functional groups attached to an aromatic ring is 1. The minimum Gasteiger partial charge on any atom is -0.395 e. The summed E-state index contributed by atoms with van der Waals surface area (Å²) in [6.07, 6.45) is -2.98. The molecule has 1 aromatic heterocycles. The lowest BCUT2D eigenvalue weighted by molar-refractivity contribution is -0.136. The molecule has 1 aromatic rings. The summed E-state index contributed by atoms with van der Waals surface area (Å²) in [5, 5.41) is 12.5. The van der Waals surface area contributed by atoms with Crippen LogP contribution in [0.3, 0.4) is 0 Å². The number of hydrogen-bond acceptors (Lipinski definition) is 5. The maximum atomic E-state index is 12.5. The van der Waals surface area contributed by atoms with Gasteiger partial charge in [0, 0.05) is 19.3 Å². The predicted octanol–water partition coefficient (Wildman–Crippen LogP) is 0.421. The van der Waals surface area contributed by atoms with Gasteiger partial charge in [0.25, 0.3) is 0 Å². The Balaban J connectivity index is 3.16. The summed E-state index contributed by atoms with van der Waals surface area (Å²) in [6.45, 7) is -0.903. The fourth-order valence-corrected chi connectivity index (χ4v) is 3.17. The van der Waals surface area contributed by atoms with E-state index in [9.17, 15) is 21.6 Å². The Hall–Kier alpha value is -1.33. The van der Waals surface area contributed by atoms with Crippen molar-refractivity contribution in [3.63, 3.8) is 0 Å². The van der Waals surface area contributed by atoms with Crippen LogP contribution in [0.15, 0.2) is 11.1 Å². The Labute approximate surface area is 120 Å². The Morgan fingerprint density at radius 3 is 2.57 bits per heavy atom. The van der Waals surface area contributed by atoms with E-state index in [2.05, 4.69) is 5.10 Å². The number of alkyl halides is 3. The molecule has 0 atom stereocenters. The van der Waals surface area contributed by atoms with Gasteiger partial charge >= 0.3 is 6.18 Å². The fraction of sp³-hybridized carbons (Fsp3) is 0.700. The van der Waals surface area contributed by atoms with Gasteiger partial charge in [-0.3, -0.25) is 4.68 Å². The van der Waals surface area contributed by atoms with Gasteiger partial charge in [0.15, 0.2) is 5.82 Å². The van der Waals surface area contributed by atoms with Crippen LogP contribution in [0.2, 0.25) is 0 Å². The zero-order chi connectivity index (χ0) is 16.3. The molecule has 0 fully saturated rings. The second-order valence-electron chi connectivity index (χ2n) is 4.32. The smallest absolute Gasteiger partial charge is 0.395 e. The highest BCUT2D eigenvalue weighted by molar-refractivity contribution is 7.89. The Morgan fingerprint density at radius 1 is 1.48 bits per heavy atom. The van der Waals surface area contributed by atoms with Gasteiger partial charge in [-0.15, -0.1) is 0 Å². The summed E-state index contributed by atoms with van der Waals surface area (Å²) in [5.41, 5.74) is 5.47. The summed E-state index contributed by atoms with van der Waals surface area (Å²) in [4.78, 5) is -0.492. The first-order valence-corrected chi connectivity index (χ1v) is 7.56. The fourth-order valence-electron chi connectivity index (χ4n) is 1.70. The molecule has 21 heavy (non-hydrogen) atoms. The topological polar surface area (TPSA) is 101 Å². The highest BCUT2D eigenvalue weighted by atomic mass is 32.2. The first kappa shape index (κ1) is 17.7. The van der Waals surface area contributed by atoms with Gasteiger partial charge in [-0.05, 0) is 6.42 Å². The number of anilines is 1. The zero-order valence-electron chi connectivity index (χ0n) is 11.3. The molecule has 0 radical (unpaired) electrons. The van der Waals surface area contributed by atoms with E-state index in [1.165, 1.54) is 4.68 Å². The van der Waals surface area contributed by atoms with Gasteiger partial charge in [-0.2, -0.15) is 22.6 Å². The normalized spacial score (nSPS) is 13.0. The summed E-state index contributed by atoms with van der Waals surface area (Å²) in [5.74, 6) is -0.367. The molecule has 0 amide bonds. The predicted molar refractivity (Wildman–Crippen MR) is 68.8 cm³/mol. The van der Waals surface area contributed by atoms with E-state index in [0.717, 1.165) is 6.20 Å². The first-order chi connectivity index (χ1) is 9.61. The number of nitrogens with zero attached hydrogens (tertiary/aromatic N) is 3. The molecule has 11 heteroatoms. The average molecular weight is 330 g/mol. The third kappa shape index (κ3) is 4.58. The lowest BCUT2D eigenvalue weighted by atomic mass is 10.5. The van der Waals surface area contributed by atoms with Crippen LogP contribution in [0.4, 0.5) is 19.0 Å². The van der Waals surface area contributed by atoms with Crippen LogP contribution < -0.4 is 5.73 Å². The third-order valence-corrected chi connectivity index (χ3v) is 4.39. The van der Waals surface area contributed by atoms with Crippen LogP contribution in [0, 0.1) is 0 Å². The van der Waals surface area contributed by atoms with Crippen molar-refractivity contribution in [1.29, 1.82) is 0 Å². The maximum absolute atomic E-state index is 12.5. The number of aliphatic hydroxyl groups excluding tert-OH is 1. The number of nitrogens with two attached hydrogens (primary N) is 1. The molecule has 0 bridgehead atoms. The minimum atomic E-state index is -4.73. The van der Waals surface area contributed by atoms with Crippen LogP contribution in [-0.4, -0.2) is 53.5 Å². The van der Waals surface area contributed by atoms with Gasteiger partial charge in [-0.25, -0.2) is 8.42 Å². The van der Waals surface area contributed by atoms with Crippen molar-refractivity contribution in [3.05, 3.63) is 6.20 Å². The quantitative estimate of drug-likeness (QED) is 0.754. The SMILES string of the molecule is CCCn1cc(S(=O)(=O)N(CCO)CC(F)(F)F)c(N)n1. The summed E-state index contributed by atoms with van der Waals surface area (Å²) >= 11 is 0. The average Bonchev–Trinajstić information content (AvgIpc) is 2.69. The van der Waals surface area contributed by atoms with Crippen molar-refractivity contribution in [2.45, 2.75) is 31.0 Å². The van der Waals surface area contributed by atoms with E-state index >= 15 is 0 Å². The highest BCUT2D eigenvalue weighted by Gasteiger charge is 2.38. The summed E-state index contributed by atoms with van der Waals surface area (Å²) in [7, 11) is -4.48. The first-order valence-electron chi connectivity index (χ1n) is 6.12. The monoisotopic (exact) mass is 330 g/mol. The minimum absolute atomic E-state index is 0.136. The van der Waals surface area contributed by atoms with Gasteiger partial charge in [0.1, 0.15) is 11.4 Å². The molecule has 7 nitrogen and oxygen atoms in total. The van der Waals surface area contributed by atoms with Crippen LogP contribution in [-0.2, 0) is 16.6 Å². The van der Waals surface area contributed by atoms with E-state index in [1.54, 1.807) is 0 Å². The van der Waals surface area contributed by atoms with E-state index < -0.39 is 40.8 Å². The van der Waals surface area contributed by atoms with Crippen molar-refractivity contribution in [2.24, 2.45) is 0 Å². The number of aliphatic hydroxyl groups is 1. The standard InChI is InChI=1S/C10H17F3N4O3S/c1-2-3-16-6-8(9(14)15-16)21(19,20)17(4-5-18)7-10(11,12)13/h6,18H,2-5,7H2,1H3,(H2,14,15). The number of aromatic nitrogens is 2. The number of hydrogen-bond donors (Lipinski definition) is 2. The van der Waals surface area contributed by atoms with Crippen molar-refractivity contribution in [3.8, 4) is 0 Å². The number of sulfonamides is 1. The molecule has 0 aliphatic rings. The largest absolute Gasteiger partial charge is 0.402 e. The third-order valence-electron chi connectivity index (χ3n) is 2.53. The van der Waals surface area contributed by atoms with Crippen molar-refractivity contribution in [1.82, 2.24) is 14.1 Å². The van der Waals surface area contributed by atoms with Crippen LogP contribution in [0.25, 0.3) is 0 Å². The van der Waals surface area contributed by atoms with Gasteiger partial charge in [-0.1, -0.05) is 6.92 Å². The molecule has 0 unspecified atom stereocenters. The van der Waals surface area contributed by atoms with Crippen LogP contribution in [0.1, 0.15) is 13.3 Å². The van der Waals surface area contributed by atoms with Gasteiger partial charge in [0.2, 0.25) is 10.0 Å². The molecular weight excluding hydrogens is 313 g/mol. The van der Waals surface area contributed by atoms with Crippen LogP contribution in [0.5, 0.6) is 0 Å². The number of rotatable bonds is 7. The van der Waals surface area contributed by atoms with E-state index in [-0.39, 0.29) is 10.1 Å². The Kier molecular flexibility index (Phi) is 5.59. The van der Waals surface area contributed by atoms with Crippen molar-refractivity contribution >= 4 is 15.8 Å². The summed E-state index contributed by atoms with van der Waals surface area (Å²) in [6, 6.07) is 0. The lowest BCUT2D eigenvalue weighted by Gasteiger charge is -2.21. The molecule has 0 saturated heterocycles. The second kappa shape index (κ2) is 6.62. The molecule has 1 heterocycles. The molecule has 1 rings (SSSR count). The highest BCUT2D eigenvalue weighted by Crippen LogP contribution is 2.25. The maximum Gasteiger partial charge on any atom is 0.402 e. The second-order valence-corrected chi connectivity index (χ2v) is 6.23. The van der Waals surface area contributed by atoms with Crippen molar-refractivity contribution in [2.75, 3.05) is 25.4 Å². The summed E-state index contributed by atoms with van der Waals surface area (Å²) < 4.78 is 63.2. The number of halogens is 3. The van der Waals surface area contributed by atoms with Gasteiger partial charge < -0.3 is 10.8 Å². The molecule has 0 aliphatic carbocycles.